The van der Waals surface area contributed by atoms with Crippen molar-refractivity contribution in [3.63, 3.8) is 0 Å². The van der Waals surface area contributed by atoms with Gasteiger partial charge in [0, 0.05) is 18.4 Å². The van der Waals surface area contributed by atoms with E-state index in [1.807, 2.05) is 32.9 Å². The molecule has 0 bridgehead atoms. The molecule has 0 atom stereocenters. The second-order valence-corrected chi connectivity index (χ2v) is 5.74. The molecule has 5 heteroatoms. The molecule has 0 unspecified atom stereocenters. The van der Waals surface area contributed by atoms with Gasteiger partial charge in [0.05, 0.1) is 0 Å². The molecule has 2 aromatic rings. The van der Waals surface area contributed by atoms with Crippen molar-refractivity contribution < 1.29 is 4.79 Å². The van der Waals surface area contributed by atoms with E-state index in [0.29, 0.717) is 24.1 Å². The zero-order valence-corrected chi connectivity index (χ0v) is 13.5. The lowest BCUT2D eigenvalue weighted by Gasteiger charge is -2.11. The topological polar surface area (TPSA) is 66.9 Å². The van der Waals surface area contributed by atoms with Crippen LogP contribution in [0.3, 0.4) is 0 Å². The van der Waals surface area contributed by atoms with Crippen LogP contribution in [0.15, 0.2) is 30.5 Å². The van der Waals surface area contributed by atoms with Gasteiger partial charge in [0.1, 0.15) is 5.69 Å². The molecule has 0 spiro atoms. The van der Waals surface area contributed by atoms with E-state index in [1.165, 1.54) is 5.56 Å². The summed E-state index contributed by atoms with van der Waals surface area (Å²) in [6.07, 6.45) is 1.59. The highest BCUT2D eigenvalue weighted by Gasteiger charge is 2.10. The SMILES string of the molecule is Cc1cccc(Nc2nccc(C(=O)NCC(C)C)n2)c1C. The molecule has 0 aliphatic rings. The first-order valence-electron chi connectivity index (χ1n) is 7.42. The number of carbonyl (C=O) groups is 1. The Morgan fingerprint density at radius 3 is 2.73 bits per heavy atom. The molecule has 0 saturated heterocycles. The van der Waals surface area contributed by atoms with E-state index >= 15 is 0 Å². The van der Waals surface area contributed by atoms with Crippen LogP contribution in [0, 0.1) is 19.8 Å². The lowest BCUT2D eigenvalue weighted by Crippen LogP contribution is -2.28. The number of benzene rings is 1. The summed E-state index contributed by atoms with van der Waals surface area (Å²) in [4.78, 5) is 20.5. The first kappa shape index (κ1) is 15.9. The Morgan fingerprint density at radius 1 is 1.23 bits per heavy atom. The van der Waals surface area contributed by atoms with Crippen LogP contribution in [0.1, 0.15) is 35.5 Å². The highest BCUT2D eigenvalue weighted by Crippen LogP contribution is 2.20. The fourth-order valence-corrected chi connectivity index (χ4v) is 1.94. The molecule has 0 fully saturated rings. The number of hydrogen-bond acceptors (Lipinski definition) is 4. The Balaban J connectivity index is 2.15. The van der Waals surface area contributed by atoms with Gasteiger partial charge in [-0.1, -0.05) is 26.0 Å². The van der Waals surface area contributed by atoms with Crippen molar-refractivity contribution in [1.82, 2.24) is 15.3 Å². The Hall–Kier alpha value is -2.43. The van der Waals surface area contributed by atoms with Crippen LogP contribution >= 0.6 is 0 Å². The normalized spacial score (nSPS) is 10.6. The van der Waals surface area contributed by atoms with E-state index in [0.717, 1.165) is 11.3 Å². The van der Waals surface area contributed by atoms with Gasteiger partial charge in [-0.15, -0.1) is 0 Å². The largest absolute Gasteiger partial charge is 0.350 e. The minimum Gasteiger partial charge on any atom is -0.350 e. The van der Waals surface area contributed by atoms with Crippen molar-refractivity contribution in [1.29, 1.82) is 0 Å². The molecular formula is C17H22N4O. The summed E-state index contributed by atoms with van der Waals surface area (Å²) >= 11 is 0. The monoisotopic (exact) mass is 298 g/mol. The number of aromatic nitrogens is 2. The molecular weight excluding hydrogens is 276 g/mol. The zero-order chi connectivity index (χ0) is 16.1. The second kappa shape index (κ2) is 7.02. The maximum atomic E-state index is 12.0. The van der Waals surface area contributed by atoms with Gasteiger partial charge in [0.15, 0.2) is 0 Å². The van der Waals surface area contributed by atoms with Crippen molar-refractivity contribution in [2.75, 3.05) is 11.9 Å². The third kappa shape index (κ3) is 4.04. The Kier molecular flexibility index (Phi) is 5.09. The quantitative estimate of drug-likeness (QED) is 0.889. The smallest absolute Gasteiger partial charge is 0.270 e. The van der Waals surface area contributed by atoms with Crippen LogP contribution in [-0.2, 0) is 0 Å². The third-order valence-corrected chi connectivity index (χ3v) is 3.41. The van der Waals surface area contributed by atoms with Gasteiger partial charge in [0.2, 0.25) is 5.95 Å². The van der Waals surface area contributed by atoms with Gasteiger partial charge in [-0.3, -0.25) is 4.79 Å². The van der Waals surface area contributed by atoms with Crippen molar-refractivity contribution in [3.05, 3.63) is 47.3 Å². The number of nitrogens with one attached hydrogen (secondary N) is 2. The van der Waals surface area contributed by atoms with Crippen LogP contribution in [-0.4, -0.2) is 22.4 Å². The average Bonchev–Trinajstić information content (AvgIpc) is 2.50. The maximum Gasteiger partial charge on any atom is 0.270 e. The van der Waals surface area contributed by atoms with Gasteiger partial charge in [-0.25, -0.2) is 9.97 Å². The molecule has 1 aromatic carbocycles. The molecule has 2 N–H and O–H groups in total. The average molecular weight is 298 g/mol. The lowest BCUT2D eigenvalue weighted by atomic mass is 10.1. The standard InChI is InChI=1S/C17H22N4O/c1-11(2)10-19-16(22)15-8-9-18-17(21-15)20-14-7-5-6-12(3)13(14)4/h5-9,11H,10H2,1-4H3,(H,19,22)(H,18,20,21). The van der Waals surface area contributed by atoms with Gasteiger partial charge < -0.3 is 10.6 Å². The Morgan fingerprint density at radius 2 is 2.00 bits per heavy atom. The van der Waals surface area contributed by atoms with Crippen LogP contribution in [0.5, 0.6) is 0 Å². The summed E-state index contributed by atoms with van der Waals surface area (Å²) < 4.78 is 0. The molecule has 0 aliphatic carbocycles. The Bertz CT molecular complexity index is 667. The minimum absolute atomic E-state index is 0.180. The van der Waals surface area contributed by atoms with E-state index in [1.54, 1.807) is 12.3 Å². The molecule has 116 valence electrons. The van der Waals surface area contributed by atoms with Gasteiger partial charge in [-0.05, 0) is 43.0 Å². The molecule has 0 radical (unpaired) electrons. The molecule has 2 rings (SSSR count). The van der Waals surface area contributed by atoms with Crippen molar-refractivity contribution in [2.45, 2.75) is 27.7 Å². The summed E-state index contributed by atoms with van der Waals surface area (Å²) in [5.74, 6) is 0.643. The van der Waals surface area contributed by atoms with Crippen molar-refractivity contribution in [3.8, 4) is 0 Å². The van der Waals surface area contributed by atoms with E-state index < -0.39 is 0 Å². The van der Waals surface area contributed by atoms with Crippen molar-refractivity contribution in [2.24, 2.45) is 5.92 Å². The van der Waals surface area contributed by atoms with Gasteiger partial charge in [0.25, 0.3) is 5.91 Å². The first-order chi connectivity index (χ1) is 10.5. The van der Waals surface area contributed by atoms with Crippen LogP contribution in [0.2, 0.25) is 0 Å². The minimum atomic E-state index is -0.180. The van der Waals surface area contributed by atoms with Gasteiger partial charge >= 0.3 is 0 Å². The highest BCUT2D eigenvalue weighted by molar-refractivity contribution is 5.92. The summed E-state index contributed by atoms with van der Waals surface area (Å²) in [6, 6.07) is 7.61. The number of hydrogen-bond donors (Lipinski definition) is 2. The zero-order valence-electron chi connectivity index (χ0n) is 13.5. The summed E-state index contributed by atoms with van der Waals surface area (Å²) in [6.45, 7) is 8.82. The molecule has 1 amide bonds. The van der Waals surface area contributed by atoms with Crippen LogP contribution in [0.4, 0.5) is 11.6 Å². The summed E-state index contributed by atoms with van der Waals surface area (Å²) in [5, 5.41) is 6.02. The van der Waals surface area contributed by atoms with E-state index in [2.05, 4.69) is 33.6 Å². The van der Waals surface area contributed by atoms with Crippen LogP contribution in [0.25, 0.3) is 0 Å². The molecule has 5 nitrogen and oxygen atoms in total. The van der Waals surface area contributed by atoms with Gasteiger partial charge in [-0.2, -0.15) is 0 Å². The first-order valence-corrected chi connectivity index (χ1v) is 7.42. The molecule has 0 aliphatic heterocycles. The fourth-order valence-electron chi connectivity index (χ4n) is 1.94. The predicted octanol–water partition coefficient (Wildman–Crippen LogP) is 3.22. The Labute approximate surface area is 131 Å². The van der Waals surface area contributed by atoms with Crippen LogP contribution < -0.4 is 10.6 Å². The number of amides is 1. The number of nitrogens with zero attached hydrogens (tertiary/aromatic N) is 2. The number of rotatable bonds is 5. The van der Waals surface area contributed by atoms with E-state index in [9.17, 15) is 4.79 Å². The molecule has 1 heterocycles. The number of anilines is 2. The molecule has 1 aromatic heterocycles. The summed E-state index contributed by atoms with van der Waals surface area (Å²) in [7, 11) is 0. The third-order valence-electron chi connectivity index (χ3n) is 3.41. The maximum absolute atomic E-state index is 12.0. The summed E-state index contributed by atoms with van der Waals surface area (Å²) in [5.41, 5.74) is 3.64. The van der Waals surface area contributed by atoms with Crippen molar-refractivity contribution >= 4 is 17.5 Å². The van der Waals surface area contributed by atoms with E-state index in [-0.39, 0.29) is 5.91 Å². The lowest BCUT2D eigenvalue weighted by molar-refractivity contribution is 0.0944. The fraction of sp³-hybridized carbons (Fsp3) is 0.353. The van der Waals surface area contributed by atoms with E-state index in [4.69, 9.17) is 0 Å². The molecule has 0 saturated carbocycles. The molecule has 22 heavy (non-hydrogen) atoms. The number of carbonyl (C=O) groups excluding carboxylic acids is 1. The highest BCUT2D eigenvalue weighted by atomic mass is 16.1. The second-order valence-electron chi connectivity index (χ2n) is 5.74. The number of aryl methyl sites for hydroxylation is 1. The predicted molar refractivity (Wildman–Crippen MR) is 88.4 cm³/mol.